The fraction of sp³-hybridized carbons (Fsp3) is 0.500. The Hall–Kier alpha value is -1.73. The maximum absolute atomic E-state index is 13.8. The van der Waals surface area contributed by atoms with Crippen molar-refractivity contribution < 1.29 is 18.7 Å². The van der Waals surface area contributed by atoms with Crippen LogP contribution in [-0.4, -0.2) is 67.2 Å². The van der Waals surface area contributed by atoms with Crippen LogP contribution in [0.2, 0.25) is 0 Å². The third-order valence-corrected chi connectivity index (χ3v) is 3.82. The van der Waals surface area contributed by atoms with Gasteiger partial charge >= 0.3 is 5.97 Å². The Balaban J connectivity index is 2.06. The number of likely N-dealkylation sites (N-methyl/N-ethyl adjacent to an activating group) is 2. The minimum absolute atomic E-state index is 0.0147. The predicted molar refractivity (Wildman–Crippen MR) is 75.7 cm³/mol. The molecule has 1 aromatic carbocycles. The Labute approximate surface area is 122 Å². The maximum Gasteiger partial charge on any atom is 0.338 e. The Morgan fingerprint density at radius 1 is 1.33 bits per heavy atom. The maximum atomic E-state index is 13.8. The summed E-state index contributed by atoms with van der Waals surface area (Å²) in [5.41, 5.74) is -0.674. The number of benzene rings is 1. The summed E-state index contributed by atoms with van der Waals surface area (Å²) in [5.74, 6) is -3.96. The molecule has 5 nitrogen and oxygen atoms in total. The molecule has 1 saturated heterocycles. The van der Waals surface area contributed by atoms with Gasteiger partial charge in [0.2, 0.25) is 0 Å². The fourth-order valence-corrected chi connectivity index (χ4v) is 2.40. The van der Waals surface area contributed by atoms with Gasteiger partial charge < -0.3 is 15.3 Å². The summed E-state index contributed by atoms with van der Waals surface area (Å²) in [6, 6.07) is 2.51. The molecule has 0 saturated carbocycles. The lowest BCUT2D eigenvalue weighted by atomic mass is 10.1. The number of halogens is 2. The summed E-state index contributed by atoms with van der Waals surface area (Å²) < 4.78 is 27.4. The number of piperazine rings is 1. The Morgan fingerprint density at radius 2 is 2.05 bits per heavy atom. The van der Waals surface area contributed by atoms with E-state index in [-0.39, 0.29) is 11.7 Å². The van der Waals surface area contributed by atoms with Crippen molar-refractivity contribution >= 4 is 11.7 Å². The number of anilines is 1. The molecule has 7 heteroatoms. The zero-order valence-corrected chi connectivity index (χ0v) is 12.1. The fourth-order valence-electron chi connectivity index (χ4n) is 2.40. The topological polar surface area (TPSA) is 55.8 Å². The molecule has 0 spiro atoms. The first-order valence-corrected chi connectivity index (χ1v) is 6.74. The average Bonchev–Trinajstić information content (AvgIpc) is 2.43. The van der Waals surface area contributed by atoms with Crippen LogP contribution in [0.15, 0.2) is 12.1 Å². The molecule has 1 aliphatic rings. The molecule has 0 radical (unpaired) electrons. The van der Waals surface area contributed by atoms with E-state index in [1.54, 1.807) is 0 Å². The van der Waals surface area contributed by atoms with Gasteiger partial charge in [-0.15, -0.1) is 0 Å². The molecule has 2 N–H and O–H groups in total. The monoisotopic (exact) mass is 299 g/mol. The third kappa shape index (κ3) is 3.48. The second kappa shape index (κ2) is 6.36. The number of carboxylic acids is 1. The number of hydrogen-bond donors (Lipinski definition) is 2. The van der Waals surface area contributed by atoms with Crippen molar-refractivity contribution in [1.29, 1.82) is 0 Å². The molecule has 1 fully saturated rings. The number of aromatic carboxylic acids is 1. The molecule has 21 heavy (non-hydrogen) atoms. The minimum atomic E-state index is -1.48. The SMILES string of the molecule is CN1CCN(C)C(CNc2ccc(C(=O)O)c(F)c2F)C1. The van der Waals surface area contributed by atoms with Crippen LogP contribution in [0.25, 0.3) is 0 Å². The zero-order valence-electron chi connectivity index (χ0n) is 12.1. The second-order valence-electron chi connectivity index (χ2n) is 5.37. The highest BCUT2D eigenvalue weighted by atomic mass is 19.2. The van der Waals surface area contributed by atoms with E-state index in [0.29, 0.717) is 6.54 Å². The van der Waals surface area contributed by atoms with Gasteiger partial charge in [0.1, 0.15) is 0 Å². The number of hydrogen-bond acceptors (Lipinski definition) is 4. The molecule has 1 aromatic rings. The highest BCUT2D eigenvalue weighted by Gasteiger charge is 2.23. The highest BCUT2D eigenvalue weighted by Crippen LogP contribution is 2.21. The molecular formula is C14H19F2N3O2. The lowest BCUT2D eigenvalue weighted by molar-refractivity contribution is 0.0690. The summed E-state index contributed by atoms with van der Waals surface area (Å²) >= 11 is 0. The number of nitrogens with zero attached hydrogens (tertiary/aromatic N) is 2. The molecule has 1 unspecified atom stereocenters. The summed E-state index contributed by atoms with van der Waals surface area (Å²) in [7, 11) is 4.01. The van der Waals surface area contributed by atoms with Gasteiger partial charge in [-0.25, -0.2) is 13.6 Å². The standard InChI is InChI=1S/C14H19F2N3O2/c1-18-5-6-19(2)9(8-18)7-17-11-4-3-10(14(20)21)12(15)13(11)16/h3-4,9,17H,5-8H2,1-2H3,(H,20,21). The second-order valence-corrected chi connectivity index (χ2v) is 5.37. The van der Waals surface area contributed by atoms with Crippen molar-refractivity contribution in [3.8, 4) is 0 Å². The first-order valence-electron chi connectivity index (χ1n) is 6.74. The highest BCUT2D eigenvalue weighted by molar-refractivity contribution is 5.88. The van der Waals surface area contributed by atoms with E-state index < -0.39 is 23.2 Å². The van der Waals surface area contributed by atoms with Crippen molar-refractivity contribution in [2.75, 3.05) is 45.6 Å². The molecular weight excluding hydrogens is 280 g/mol. The number of carbonyl (C=O) groups is 1. The van der Waals surface area contributed by atoms with Gasteiger partial charge in [-0.2, -0.15) is 0 Å². The first kappa shape index (κ1) is 15.7. The molecule has 2 rings (SSSR count). The molecule has 0 amide bonds. The Morgan fingerprint density at radius 3 is 2.71 bits per heavy atom. The van der Waals surface area contributed by atoms with Crippen molar-refractivity contribution in [1.82, 2.24) is 9.80 Å². The summed E-state index contributed by atoms with van der Waals surface area (Å²) in [6.07, 6.45) is 0. The van der Waals surface area contributed by atoms with Crippen molar-refractivity contribution in [2.24, 2.45) is 0 Å². The van der Waals surface area contributed by atoms with E-state index in [2.05, 4.69) is 15.1 Å². The molecule has 0 bridgehead atoms. The number of nitrogens with one attached hydrogen (secondary N) is 1. The Bertz CT molecular complexity index is 539. The van der Waals surface area contributed by atoms with Crippen LogP contribution in [0, 0.1) is 11.6 Å². The molecule has 1 atom stereocenters. The van der Waals surface area contributed by atoms with E-state index >= 15 is 0 Å². The smallest absolute Gasteiger partial charge is 0.338 e. The van der Waals surface area contributed by atoms with Crippen molar-refractivity contribution in [3.05, 3.63) is 29.3 Å². The van der Waals surface area contributed by atoms with Gasteiger partial charge in [0.05, 0.1) is 11.3 Å². The summed E-state index contributed by atoms with van der Waals surface area (Å²) in [4.78, 5) is 15.1. The lowest BCUT2D eigenvalue weighted by Gasteiger charge is -2.37. The molecule has 116 valence electrons. The van der Waals surface area contributed by atoms with E-state index in [0.717, 1.165) is 25.7 Å². The molecule has 1 aliphatic heterocycles. The van der Waals surface area contributed by atoms with Gasteiger partial charge in [0.25, 0.3) is 0 Å². The van der Waals surface area contributed by atoms with Crippen LogP contribution in [0.4, 0.5) is 14.5 Å². The van der Waals surface area contributed by atoms with Crippen LogP contribution >= 0.6 is 0 Å². The normalized spacial score (nSPS) is 20.5. The average molecular weight is 299 g/mol. The molecule has 0 aliphatic carbocycles. The van der Waals surface area contributed by atoms with Crippen molar-refractivity contribution in [3.63, 3.8) is 0 Å². The van der Waals surface area contributed by atoms with Crippen LogP contribution in [0.1, 0.15) is 10.4 Å². The van der Waals surface area contributed by atoms with E-state index in [1.165, 1.54) is 6.07 Å². The van der Waals surface area contributed by atoms with Crippen LogP contribution < -0.4 is 5.32 Å². The Kier molecular flexibility index (Phi) is 4.74. The van der Waals surface area contributed by atoms with Gasteiger partial charge in [-0.3, -0.25) is 4.90 Å². The number of carboxylic acid groups (broad SMARTS) is 1. The molecule has 0 aromatic heterocycles. The zero-order chi connectivity index (χ0) is 15.6. The largest absolute Gasteiger partial charge is 0.478 e. The third-order valence-electron chi connectivity index (χ3n) is 3.82. The van der Waals surface area contributed by atoms with Crippen molar-refractivity contribution in [2.45, 2.75) is 6.04 Å². The quantitative estimate of drug-likeness (QED) is 0.878. The van der Waals surface area contributed by atoms with Gasteiger partial charge in [-0.05, 0) is 26.2 Å². The summed E-state index contributed by atoms with van der Waals surface area (Å²) in [5, 5.41) is 11.6. The molecule has 1 heterocycles. The first-order chi connectivity index (χ1) is 9.90. The van der Waals surface area contributed by atoms with E-state index in [9.17, 15) is 13.6 Å². The van der Waals surface area contributed by atoms with Crippen LogP contribution in [0.3, 0.4) is 0 Å². The van der Waals surface area contributed by atoms with Crippen LogP contribution in [0.5, 0.6) is 0 Å². The van der Waals surface area contributed by atoms with Gasteiger partial charge in [0.15, 0.2) is 11.6 Å². The number of rotatable bonds is 4. The summed E-state index contributed by atoms with van der Waals surface area (Å²) in [6.45, 7) is 3.19. The van der Waals surface area contributed by atoms with Gasteiger partial charge in [0, 0.05) is 32.2 Å². The predicted octanol–water partition coefficient (Wildman–Crippen LogP) is 1.32. The van der Waals surface area contributed by atoms with E-state index in [4.69, 9.17) is 5.11 Å². The van der Waals surface area contributed by atoms with E-state index in [1.807, 2.05) is 14.1 Å². The van der Waals surface area contributed by atoms with Gasteiger partial charge in [-0.1, -0.05) is 0 Å². The minimum Gasteiger partial charge on any atom is -0.478 e. The van der Waals surface area contributed by atoms with Crippen LogP contribution in [-0.2, 0) is 0 Å². The lowest BCUT2D eigenvalue weighted by Crippen LogP contribution is -2.52.